The first-order valence-electron chi connectivity index (χ1n) is 5.23. The molecule has 1 heterocycles. The molecule has 1 aliphatic rings. The number of benzene rings is 1. The van der Waals surface area contributed by atoms with Crippen molar-refractivity contribution >= 4 is 11.6 Å². The topological polar surface area (TPSA) is 38.7 Å². The summed E-state index contributed by atoms with van der Waals surface area (Å²) in [6.07, 6.45) is 0. The molecule has 0 saturated carbocycles. The van der Waals surface area contributed by atoms with Crippen LogP contribution in [0.3, 0.4) is 0 Å². The van der Waals surface area contributed by atoms with Crippen molar-refractivity contribution in [1.29, 1.82) is 0 Å². The Labute approximate surface area is 99.9 Å². The predicted octanol–water partition coefficient (Wildman–Crippen LogP) is 2.65. The third-order valence-electron chi connectivity index (χ3n) is 2.65. The van der Waals surface area contributed by atoms with Gasteiger partial charge in [-0.05, 0) is 26.8 Å². The van der Waals surface area contributed by atoms with Gasteiger partial charge in [-0.15, -0.1) is 0 Å². The number of hydrogen-bond acceptors (Lipinski definition) is 3. The summed E-state index contributed by atoms with van der Waals surface area (Å²) >= 11 is 6.22. The molecule has 0 spiro atoms. The minimum Gasteiger partial charge on any atom is -0.486 e. The van der Waals surface area contributed by atoms with E-state index in [2.05, 4.69) is 0 Å². The average Bonchev–Trinajstić information content (AvgIpc) is 2.22. The molecule has 88 valence electrons. The highest BCUT2D eigenvalue weighted by Gasteiger charge is 2.26. The zero-order valence-electron chi connectivity index (χ0n) is 9.63. The first kappa shape index (κ1) is 11.6. The van der Waals surface area contributed by atoms with Gasteiger partial charge in [0.2, 0.25) is 0 Å². The Kier molecular flexibility index (Phi) is 2.76. The molecule has 2 rings (SSSR count). The van der Waals surface area contributed by atoms with Crippen LogP contribution in [0, 0.1) is 6.92 Å². The van der Waals surface area contributed by atoms with Crippen molar-refractivity contribution in [3.63, 3.8) is 0 Å². The lowest BCUT2D eigenvalue weighted by Crippen LogP contribution is -2.20. The van der Waals surface area contributed by atoms with Gasteiger partial charge in [-0.3, -0.25) is 0 Å². The second-order valence-electron chi connectivity index (χ2n) is 4.45. The normalized spacial score (nSPS) is 15.1. The number of aliphatic hydroxyl groups is 1. The van der Waals surface area contributed by atoms with Crippen molar-refractivity contribution in [2.24, 2.45) is 0 Å². The van der Waals surface area contributed by atoms with Crippen LogP contribution in [0.4, 0.5) is 0 Å². The summed E-state index contributed by atoms with van der Waals surface area (Å²) in [6, 6.07) is 1.75. The third-order valence-corrected chi connectivity index (χ3v) is 3.14. The first-order chi connectivity index (χ1) is 7.41. The molecule has 0 aliphatic carbocycles. The fraction of sp³-hybridized carbons (Fsp3) is 0.500. The van der Waals surface area contributed by atoms with Crippen molar-refractivity contribution in [2.75, 3.05) is 13.2 Å². The molecular weight excluding hydrogens is 228 g/mol. The van der Waals surface area contributed by atoms with Crippen LogP contribution in [0.5, 0.6) is 11.5 Å². The van der Waals surface area contributed by atoms with Crippen molar-refractivity contribution in [1.82, 2.24) is 0 Å². The van der Waals surface area contributed by atoms with Gasteiger partial charge in [-0.2, -0.15) is 0 Å². The van der Waals surface area contributed by atoms with Gasteiger partial charge in [0.05, 0.1) is 10.6 Å². The molecular formula is C12H15ClO3. The van der Waals surface area contributed by atoms with E-state index in [1.807, 2.05) is 6.92 Å². The van der Waals surface area contributed by atoms with Crippen LogP contribution in [0.2, 0.25) is 5.02 Å². The van der Waals surface area contributed by atoms with Crippen LogP contribution >= 0.6 is 11.6 Å². The fourth-order valence-corrected chi connectivity index (χ4v) is 2.15. The first-order valence-corrected chi connectivity index (χ1v) is 5.60. The highest BCUT2D eigenvalue weighted by Crippen LogP contribution is 2.42. The van der Waals surface area contributed by atoms with Gasteiger partial charge in [-0.1, -0.05) is 11.6 Å². The molecule has 16 heavy (non-hydrogen) atoms. The number of rotatable bonds is 1. The Bertz CT molecular complexity index is 421. The van der Waals surface area contributed by atoms with Crippen LogP contribution in [0.1, 0.15) is 25.0 Å². The molecule has 1 aliphatic heterocycles. The summed E-state index contributed by atoms with van der Waals surface area (Å²) in [6.45, 7) is 6.32. The zero-order valence-corrected chi connectivity index (χ0v) is 10.4. The molecule has 1 aromatic carbocycles. The van der Waals surface area contributed by atoms with Crippen LogP contribution < -0.4 is 9.47 Å². The van der Waals surface area contributed by atoms with Gasteiger partial charge in [0.1, 0.15) is 13.2 Å². The summed E-state index contributed by atoms with van der Waals surface area (Å²) in [4.78, 5) is 0. The number of hydrogen-bond donors (Lipinski definition) is 1. The fourth-order valence-electron chi connectivity index (χ4n) is 1.77. The second kappa shape index (κ2) is 3.82. The number of ether oxygens (including phenoxy) is 2. The Hall–Kier alpha value is -0.930. The molecule has 0 saturated heterocycles. The van der Waals surface area contributed by atoms with E-state index in [0.29, 0.717) is 35.3 Å². The zero-order chi connectivity index (χ0) is 11.9. The highest BCUT2D eigenvalue weighted by molar-refractivity contribution is 6.32. The smallest absolute Gasteiger partial charge is 0.165 e. The Balaban J connectivity index is 2.62. The quantitative estimate of drug-likeness (QED) is 0.823. The minimum atomic E-state index is -0.988. The van der Waals surface area contributed by atoms with Gasteiger partial charge in [0, 0.05) is 11.1 Å². The van der Waals surface area contributed by atoms with E-state index in [0.717, 1.165) is 5.56 Å². The van der Waals surface area contributed by atoms with Crippen molar-refractivity contribution in [3.05, 3.63) is 22.2 Å². The number of fused-ring (bicyclic) bond motifs is 1. The maximum atomic E-state index is 10.0. The maximum Gasteiger partial charge on any atom is 0.165 e. The monoisotopic (exact) mass is 242 g/mol. The molecule has 4 heteroatoms. The standard InChI is InChI=1S/C12H15ClO3/c1-7-10(13)8(12(2,3)14)6-9-11(7)16-5-4-15-9/h6,14H,4-5H2,1-3H3. The van der Waals surface area contributed by atoms with Crippen LogP contribution in [-0.2, 0) is 5.60 Å². The summed E-state index contributed by atoms with van der Waals surface area (Å²) in [7, 11) is 0. The van der Waals surface area contributed by atoms with E-state index in [1.54, 1.807) is 19.9 Å². The Morgan fingerprint density at radius 1 is 1.31 bits per heavy atom. The van der Waals surface area contributed by atoms with E-state index in [-0.39, 0.29) is 0 Å². The molecule has 0 bridgehead atoms. The number of halogens is 1. The van der Waals surface area contributed by atoms with E-state index in [4.69, 9.17) is 21.1 Å². The van der Waals surface area contributed by atoms with Crippen LogP contribution in [0.15, 0.2) is 6.07 Å². The van der Waals surface area contributed by atoms with Crippen molar-refractivity contribution in [3.8, 4) is 11.5 Å². The van der Waals surface area contributed by atoms with E-state index in [1.165, 1.54) is 0 Å². The van der Waals surface area contributed by atoms with Gasteiger partial charge < -0.3 is 14.6 Å². The average molecular weight is 243 g/mol. The van der Waals surface area contributed by atoms with Gasteiger partial charge in [-0.25, -0.2) is 0 Å². The molecule has 0 unspecified atom stereocenters. The molecule has 1 aromatic rings. The summed E-state index contributed by atoms with van der Waals surface area (Å²) in [5.41, 5.74) is 0.490. The largest absolute Gasteiger partial charge is 0.486 e. The lowest BCUT2D eigenvalue weighted by atomic mass is 9.95. The van der Waals surface area contributed by atoms with Gasteiger partial charge >= 0.3 is 0 Å². The van der Waals surface area contributed by atoms with E-state index < -0.39 is 5.60 Å². The van der Waals surface area contributed by atoms with E-state index in [9.17, 15) is 5.11 Å². The summed E-state index contributed by atoms with van der Waals surface area (Å²) in [5.74, 6) is 1.34. The molecule has 0 radical (unpaired) electrons. The molecule has 1 N–H and O–H groups in total. The molecule has 0 aromatic heterocycles. The SMILES string of the molecule is Cc1c(Cl)c(C(C)(C)O)cc2c1OCCO2. The van der Waals surface area contributed by atoms with E-state index >= 15 is 0 Å². The summed E-state index contributed by atoms with van der Waals surface area (Å²) in [5, 5.41) is 10.6. The van der Waals surface area contributed by atoms with Crippen LogP contribution in [-0.4, -0.2) is 18.3 Å². The van der Waals surface area contributed by atoms with Crippen LogP contribution in [0.25, 0.3) is 0 Å². The van der Waals surface area contributed by atoms with Gasteiger partial charge in [0.25, 0.3) is 0 Å². The third kappa shape index (κ3) is 1.85. The molecule has 0 fully saturated rings. The molecule has 0 atom stereocenters. The predicted molar refractivity (Wildman–Crippen MR) is 62.4 cm³/mol. The van der Waals surface area contributed by atoms with Crippen molar-refractivity contribution < 1.29 is 14.6 Å². The minimum absolute atomic E-state index is 0.527. The lowest BCUT2D eigenvalue weighted by Gasteiger charge is -2.26. The highest BCUT2D eigenvalue weighted by atomic mass is 35.5. The maximum absolute atomic E-state index is 10.0. The Morgan fingerprint density at radius 2 is 1.94 bits per heavy atom. The molecule has 0 amide bonds. The summed E-state index contributed by atoms with van der Waals surface area (Å²) < 4.78 is 11.0. The Morgan fingerprint density at radius 3 is 2.56 bits per heavy atom. The lowest BCUT2D eigenvalue weighted by molar-refractivity contribution is 0.0776. The van der Waals surface area contributed by atoms with Gasteiger partial charge in [0.15, 0.2) is 11.5 Å². The molecule has 3 nitrogen and oxygen atoms in total. The van der Waals surface area contributed by atoms with Crippen molar-refractivity contribution in [2.45, 2.75) is 26.4 Å². The second-order valence-corrected chi connectivity index (χ2v) is 4.82.